The number of carbonyl (C=O) groups is 1. The molecule has 5 rings (SSSR count). The Morgan fingerprint density at radius 3 is 2.69 bits per heavy atom. The molecule has 204 valence electrons. The number of aryl methyl sites for hydroxylation is 1. The standard InChI is InChI=1S/C30H34FN5O3/c1-17-10-19(12-20(31)11-17)23-16-32-35-27(25-13-18-6-7-22(39-5)15-24(18)34-25)28(23)36-9-8-21(33-29(37)38)14-26(36)30(2,3)4/h6-7,10-13,15-16,21,26,33-34H,8-9,14H2,1-5H3,(H,37,38). The predicted molar refractivity (Wildman–Crippen MR) is 151 cm³/mol. The third kappa shape index (κ3) is 5.39. The minimum atomic E-state index is -1.02. The number of rotatable bonds is 5. The molecular weight excluding hydrogens is 497 g/mol. The number of hydrogen-bond acceptors (Lipinski definition) is 5. The van der Waals surface area contributed by atoms with Crippen LogP contribution in [-0.2, 0) is 0 Å². The zero-order chi connectivity index (χ0) is 27.9. The predicted octanol–water partition coefficient (Wildman–Crippen LogP) is 6.40. The molecule has 2 atom stereocenters. The van der Waals surface area contributed by atoms with Gasteiger partial charge in [0.15, 0.2) is 0 Å². The number of halogens is 1. The highest BCUT2D eigenvalue weighted by Crippen LogP contribution is 2.44. The summed E-state index contributed by atoms with van der Waals surface area (Å²) in [5.41, 5.74) is 5.31. The number of aromatic nitrogens is 3. The lowest BCUT2D eigenvalue weighted by Crippen LogP contribution is -2.55. The SMILES string of the molecule is COc1ccc2cc(-c3nncc(-c4cc(C)cc(F)c4)c3N3CCC(NC(=O)O)CC3C(C)(C)C)[nH]c2c1. The molecule has 9 heteroatoms. The van der Waals surface area contributed by atoms with E-state index in [9.17, 15) is 14.3 Å². The number of H-pyrrole nitrogens is 1. The second-order valence-electron chi connectivity index (χ2n) is 11.4. The highest BCUT2D eigenvalue weighted by Gasteiger charge is 2.39. The van der Waals surface area contributed by atoms with E-state index in [4.69, 9.17) is 4.74 Å². The van der Waals surface area contributed by atoms with Gasteiger partial charge in [-0.05, 0) is 66.6 Å². The fourth-order valence-corrected chi connectivity index (χ4v) is 5.68. The van der Waals surface area contributed by atoms with E-state index in [0.29, 0.717) is 25.1 Å². The third-order valence-electron chi connectivity index (χ3n) is 7.48. The van der Waals surface area contributed by atoms with E-state index in [1.807, 2.05) is 37.3 Å². The molecule has 2 aromatic carbocycles. The van der Waals surface area contributed by atoms with E-state index in [-0.39, 0.29) is 23.3 Å². The van der Waals surface area contributed by atoms with Gasteiger partial charge in [0.1, 0.15) is 17.3 Å². The van der Waals surface area contributed by atoms with Gasteiger partial charge in [-0.3, -0.25) is 0 Å². The fourth-order valence-electron chi connectivity index (χ4n) is 5.68. The van der Waals surface area contributed by atoms with Crippen LogP contribution in [0.5, 0.6) is 5.75 Å². The molecule has 0 radical (unpaired) electrons. The number of carboxylic acid groups (broad SMARTS) is 1. The van der Waals surface area contributed by atoms with E-state index in [1.165, 1.54) is 12.1 Å². The van der Waals surface area contributed by atoms with Gasteiger partial charge in [0.05, 0.1) is 24.7 Å². The van der Waals surface area contributed by atoms with Gasteiger partial charge in [-0.25, -0.2) is 9.18 Å². The molecule has 1 fully saturated rings. The molecule has 39 heavy (non-hydrogen) atoms. The maximum absolute atomic E-state index is 14.6. The van der Waals surface area contributed by atoms with Crippen molar-refractivity contribution in [3.05, 3.63) is 60.0 Å². The summed E-state index contributed by atoms with van der Waals surface area (Å²) < 4.78 is 20.0. The number of nitrogens with zero attached hydrogens (tertiary/aromatic N) is 3. The molecule has 0 spiro atoms. The molecule has 2 unspecified atom stereocenters. The summed E-state index contributed by atoms with van der Waals surface area (Å²) in [6.45, 7) is 8.94. The fraction of sp³-hybridized carbons (Fsp3) is 0.367. The number of hydrogen-bond donors (Lipinski definition) is 3. The molecule has 1 aliphatic rings. The normalized spacial score (nSPS) is 17.8. The summed E-state index contributed by atoms with van der Waals surface area (Å²) in [7, 11) is 1.63. The van der Waals surface area contributed by atoms with E-state index in [1.54, 1.807) is 13.3 Å². The van der Waals surface area contributed by atoms with Crippen molar-refractivity contribution >= 4 is 22.7 Å². The Morgan fingerprint density at radius 2 is 2.00 bits per heavy atom. The molecule has 0 aliphatic carbocycles. The van der Waals surface area contributed by atoms with Crippen LogP contribution in [0.2, 0.25) is 0 Å². The number of benzene rings is 2. The largest absolute Gasteiger partial charge is 0.497 e. The van der Waals surface area contributed by atoms with Crippen LogP contribution >= 0.6 is 0 Å². The van der Waals surface area contributed by atoms with Crippen molar-refractivity contribution in [2.24, 2.45) is 5.41 Å². The van der Waals surface area contributed by atoms with Gasteiger partial charge in [-0.15, -0.1) is 5.10 Å². The maximum atomic E-state index is 14.6. The topological polar surface area (TPSA) is 103 Å². The lowest BCUT2D eigenvalue weighted by atomic mass is 9.78. The van der Waals surface area contributed by atoms with Crippen molar-refractivity contribution < 1.29 is 19.0 Å². The first-order chi connectivity index (χ1) is 18.5. The number of aromatic amines is 1. The number of anilines is 1. The Bertz CT molecular complexity index is 1510. The van der Waals surface area contributed by atoms with Crippen molar-refractivity contribution in [3.63, 3.8) is 0 Å². The quantitative estimate of drug-likeness (QED) is 0.275. The monoisotopic (exact) mass is 531 g/mol. The molecule has 0 saturated carbocycles. The molecule has 1 saturated heterocycles. The van der Waals surface area contributed by atoms with Crippen LogP contribution in [0.1, 0.15) is 39.2 Å². The van der Waals surface area contributed by atoms with Crippen LogP contribution in [0.4, 0.5) is 14.9 Å². The molecule has 3 heterocycles. The molecule has 4 aromatic rings. The summed E-state index contributed by atoms with van der Waals surface area (Å²) >= 11 is 0. The van der Waals surface area contributed by atoms with Gasteiger partial charge in [0.25, 0.3) is 0 Å². The van der Waals surface area contributed by atoms with E-state index in [2.05, 4.69) is 46.2 Å². The summed E-state index contributed by atoms with van der Waals surface area (Å²) in [6, 6.07) is 12.7. The zero-order valence-electron chi connectivity index (χ0n) is 22.9. The third-order valence-corrected chi connectivity index (χ3v) is 7.48. The molecule has 1 amide bonds. The molecule has 1 aliphatic heterocycles. The second kappa shape index (κ2) is 10.2. The van der Waals surface area contributed by atoms with Crippen molar-refractivity contribution in [1.82, 2.24) is 20.5 Å². The minimum Gasteiger partial charge on any atom is -0.497 e. The average Bonchev–Trinajstić information content (AvgIpc) is 3.30. The highest BCUT2D eigenvalue weighted by molar-refractivity contribution is 5.93. The van der Waals surface area contributed by atoms with Crippen LogP contribution in [0.25, 0.3) is 33.4 Å². The van der Waals surface area contributed by atoms with Crippen LogP contribution in [0.3, 0.4) is 0 Å². The number of ether oxygens (including phenoxy) is 1. The molecular formula is C30H34FN5O3. The molecule has 2 aromatic heterocycles. The highest BCUT2D eigenvalue weighted by atomic mass is 19.1. The number of methoxy groups -OCH3 is 1. The molecule has 3 N–H and O–H groups in total. The van der Waals surface area contributed by atoms with Gasteiger partial charge in [0.2, 0.25) is 0 Å². The second-order valence-corrected chi connectivity index (χ2v) is 11.4. The summed E-state index contributed by atoms with van der Waals surface area (Å²) in [4.78, 5) is 17.3. The first-order valence-corrected chi connectivity index (χ1v) is 13.1. The van der Waals surface area contributed by atoms with Crippen LogP contribution < -0.4 is 15.0 Å². The number of amides is 1. The van der Waals surface area contributed by atoms with Gasteiger partial charge in [-0.2, -0.15) is 5.10 Å². The lowest BCUT2D eigenvalue weighted by Gasteiger charge is -2.48. The van der Waals surface area contributed by atoms with E-state index < -0.39 is 6.09 Å². The zero-order valence-corrected chi connectivity index (χ0v) is 22.9. The van der Waals surface area contributed by atoms with E-state index in [0.717, 1.165) is 44.7 Å². The number of nitrogens with one attached hydrogen (secondary N) is 2. The van der Waals surface area contributed by atoms with Gasteiger partial charge in [0, 0.05) is 41.2 Å². The number of piperidine rings is 1. The lowest BCUT2D eigenvalue weighted by molar-refractivity contribution is 0.177. The van der Waals surface area contributed by atoms with Gasteiger partial charge < -0.3 is 25.0 Å². The Hall–Kier alpha value is -4.14. The Morgan fingerprint density at radius 1 is 1.21 bits per heavy atom. The summed E-state index contributed by atoms with van der Waals surface area (Å²) in [6.07, 6.45) is 1.94. The maximum Gasteiger partial charge on any atom is 0.404 e. The van der Waals surface area contributed by atoms with Crippen molar-refractivity contribution in [2.45, 2.75) is 52.6 Å². The molecule has 0 bridgehead atoms. The smallest absolute Gasteiger partial charge is 0.404 e. The van der Waals surface area contributed by atoms with Crippen LogP contribution in [0, 0.1) is 18.2 Å². The first kappa shape index (κ1) is 26.5. The summed E-state index contributed by atoms with van der Waals surface area (Å²) in [5.74, 6) is 0.427. The first-order valence-electron chi connectivity index (χ1n) is 13.1. The van der Waals surface area contributed by atoms with Gasteiger partial charge in [-0.1, -0.05) is 26.8 Å². The Balaban J connectivity index is 1.72. The van der Waals surface area contributed by atoms with Crippen LogP contribution in [-0.4, -0.2) is 52.1 Å². The molecule has 8 nitrogen and oxygen atoms in total. The van der Waals surface area contributed by atoms with Crippen molar-refractivity contribution in [3.8, 4) is 28.3 Å². The van der Waals surface area contributed by atoms with Crippen LogP contribution in [0.15, 0.2) is 48.7 Å². The minimum absolute atomic E-state index is 0.0241. The Labute approximate surface area is 227 Å². The Kier molecular flexibility index (Phi) is 6.92. The number of fused-ring (bicyclic) bond motifs is 1. The van der Waals surface area contributed by atoms with Gasteiger partial charge >= 0.3 is 6.09 Å². The summed E-state index contributed by atoms with van der Waals surface area (Å²) in [5, 5.41) is 22.1. The van der Waals surface area contributed by atoms with Crippen molar-refractivity contribution in [2.75, 3.05) is 18.6 Å². The average molecular weight is 532 g/mol. The van der Waals surface area contributed by atoms with E-state index >= 15 is 0 Å². The van der Waals surface area contributed by atoms with Crippen molar-refractivity contribution in [1.29, 1.82) is 0 Å².